The van der Waals surface area contributed by atoms with Crippen LogP contribution in [-0.4, -0.2) is 34.2 Å². The van der Waals surface area contributed by atoms with E-state index in [1.165, 1.54) is 23.6 Å². The number of nitrogens with one attached hydrogen (secondary N) is 1. The van der Waals surface area contributed by atoms with Gasteiger partial charge in [-0.1, -0.05) is 11.3 Å². The van der Waals surface area contributed by atoms with Crippen LogP contribution in [0, 0.1) is 0 Å². The highest BCUT2D eigenvalue weighted by molar-refractivity contribution is 7.16. The number of carbonyl (C=O) groups is 2. The van der Waals surface area contributed by atoms with Gasteiger partial charge < -0.3 is 9.84 Å². The van der Waals surface area contributed by atoms with E-state index in [1.807, 2.05) is 20.8 Å². The Hall–Kier alpha value is -1.73. The molecule has 1 amide bonds. The summed E-state index contributed by atoms with van der Waals surface area (Å²) in [5.74, 6) is -1.32. The average molecular weight is 284 g/mol. The first kappa shape index (κ1) is 15.3. The topological polar surface area (TPSA) is 88.5 Å². The van der Waals surface area contributed by atoms with E-state index in [0.29, 0.717) is 10.0 Å². The summed E-state index contributed by atoms with van der Waals surface area (Å²) in [5.41, 5.74) is -0.379. The normalized spacial score (nSPS) is 11.7. The molecule has 2 N–H and O–H groups in total. The van der Waals surface area contributed by atoms with Crippen molar-refractivity contribution in [2.45, 2.75) is 26.4 Å². The number of carboxylic acids is 1. The lowest BCUT2D eigenvalue weighted by Crippen LogP contribution is -2.27. The lowest BCUT2D eigenvalue weighted by Gasteiger charge is -2.18. The van der Waals surface area contributed by atoms with Gasteiger partial charge in [-0.25, -0.2) is 9.78 Å². The van der Waals surface area contributed by atoms with Crippen LogP contribution in [0.1, 0.15) is 25.6 Å². The van der Waals surface area contributed by atoms with Crippen molar-refractivity contribution in [1.82, 2.24) is 4.98 Å². The first-order valence-electron chi connectivity index (χ1n) is 5.57. The van der Waals surface area contributed by atoms with E-state index >= 15 is 0 Å². The van der Waals surface area contributed by atoms with Gasteiger partial charge in [0.2, 0.25) is 0 Å². The molecule has 0 atom stereocenters. The van der Waals surface area contributed by atoms with Crippen LogP contribution in [0.4, 0.5) is 5.13 Å². The Morgan fingerprint density at radius 3 is 2.79 bits per heavy atom. The quantitative estimate of drug-likeness (QED) is 0.807. The number of carboxylic acid groups (broad SMARTS) is 1. The predicted molar refractivity (Wildman–Crippen MR) is 73.1 cm³/mol. The zero-order valence-corrected chi connectivity index (χ0v) is 11.8. The number of anilines is 1. The third-order valence-corrected chi connectivity index (χ3v) is 2.67. The van der Waals surface area contributed by atoms with Crippen LogP contribution < -0.4 is 5.32 Å². The highest BCUT2D eigenvalue weighted by Crippen LogP contribution is 2.19. The van der Waals surface area contributed by atoms with Crippen molar-refractivity contribution in [2.24, 2.45) is 0 Å². The summed E-state index contributed by atoms with van der Waals surface area (Å²) in [4.78, 5) is 26.5. The van der Waals surface area contributed by atoms with E-state index in [4.69, 9.17) is 9.84 Å². The molecular weight excluding hydrogens is 268 g/mol. The molecule has 0 bridgehead atoms. The van der Waals surface area contributed by atoms with E-state index in [0.717, 1.165) is 6.08 Å². The summed E-state index contributed by atoms with van der Waals surface area (Å²) in [6.07, 6.45) is 3.92. The molecule has 104 valence electrons. The second-order valence-electron chi connectivity index (χ2n) is 4.69. The van der Waals surface area contributed by atoms with E-state index in [2.05, 4.69) is 10.3 Å². The Balaban J connectivity index is 2.49. The third kappa shape index (κ3) is 6.68. The zero-order valence-electron chi connectivity index (χ0n) is 11.0. The Bertz CT molecular complexity index is 488. The molecular formula is C12H16N2O4S. The smallest absolute Gasteiger partial charge is 0.328 e. The molecule has 1 aromatic heterocycles. The van der Waals surface area contributed by atoms with Crippen LogP contribution in [0.3, 0.4) is 0 Å². The molecule has 0 aliphatic rings. The number of ether oxygens (including phenoxy) is 1. The monoisotopic (exact) mass is 284 g/mol. The zero-order chi connectivity index (χ0) is 14.5. The molecule has 0 radical (unpaired) electrons. The number of nitrogens with zero attached hydrogens (tertiary/aromatic N) is 1. The van der Waals surface area contributed by atoms with Gasteiger partial charge in [-0.05, 0) is 26.8 Å². The van der Waals surface area contributed by atoms with Crippen molar-refractivity contribution >= 4 is 34.4 Å². The molecule has 6 nitrogen and oxygen atoms in total. The fourth-order valence-electron chi connectivity index (χ4n) is 1.01. The number of hydrogen-bond donors (Lipinski definition) is 2. The van der Waals surface area contributed by atoms with Gasteiger partial charge in [0.1, 0.15) is 6.61 Å². The highest BCUT2D eigenvalue weighted by Gasteiger charge is 2.13. The van der Waals surface area contributed by atoms with E-state index < -0.39 is 5.97 Å². The number of carbonyl (C=O) groups excluding carboxylic acids is 1. The summed E-state index contributed by atoms with van der Waals surface area (Å²) < 4.78 is 5.32. The SMILES string of the molecule is CC(C)(C)OCC(=O)Nc1ncc(/C=C/C(=O)O)s1. The molecule has 0 spiro atoms. The highest BCUT2D eigenvalue weighted by atomic mass is 32.1. The molecule has 0 aromatic carbocycles. The van der Waals surface area contributed by atoms with Crippen LogP contribution in [0.2, 0.25) is 0 Å². The number of aromatic nitrogens is 1. The fourth-order valence-corrected chi connectivity index (χ4v) is 1.75. The van der Waals surface area contributed by atoms with Crippen LogP contribution in [0.15, 0.2) is 12.3 Å². The molecule has 0 aliphatic heterocycles. The Morgan fingerprint density at radius 1 is 1.53 bits per heavy atom. The molecule has 0 aliphatic carbocycles. The van der Waals surface area contributed by atoms with Gasteiger partial charge in [0.15, 0.2) is 5.13 Å². The third-order valence-electron chi connectivity index (χ3n) is 1.80. The average Bonchev–Trinajstić information content (AvgIpc) is 2.70. The number of hydrogen-bond acceptors (Lipinski definition) is 5. The molecule has 1 aromatic rings. The maximum atomic E-state index is 11.6. The van der Waals surface area contributed by atoms with Gasteiger partial charge in [0, 0.05) is 17.2 Å². The van der Waals surface area contributed by atoms with E-state index in [9.17, 15) is 9.59 Å². The predicted octanol–water partition coefficient (Wildman–Crippen LogP) is 1.99. The van der Waals surface area contributed by atoms with Crippen LogP contribution in [0.25, 0.3) is 6.08 Å². The number of amides is 1. The Labute approximate surface area is 115 Å². The van der Waals surface area contributed by atoms with Gasteiger partial charge in [0.05, 0.1) is 5.60 Å². The van der Waals surface area contributed by atoms with Gasteiger partial charge in [-0.3, -0.25) is 10.1 Å². The summed E-state index contributed by atoms with van der Waals surface area (Å²) in [7, 11) is 0. The minimum Gasteiger partial charge on any atom is -0.478 e. The largest absolute Gasteiger partial charge is 0.478 e. The molecule has 0 fully saturated rings. The summed E-state index contributed by atoms with van der Waals surface area (Å²) in [6, 6.07) is 0. The molecule has 1 heterocycles. The lowest BCUT2D eigenvalue weighted by molar-refractivity contribution is -0.131. The van der Waals surface area contributed by atoms with Crippen molar-refractivity contribution in [3.05, 3.63) is 17.2 Å². The Morgan fingerprint density at radius 2 is 2.21 bits per heavy atom. The van der Waals surface area contributed by atoms with Crippen molar-refractivity contribution in [2.75, 3.05) is 11.9 Å². The minimum absolute atomic E-state index is 0.0522. The number of rotatable bonds is 5. The van der Waals surface area contributed by atoms with E-state index in [1.54, 1.807) is 0 Å². The van der Waals surface area contributed by atoms with Crippen molar-refractivity contribution in [3.8, 4) is 0 Å². The molecule has 1 rings (SSSR count). The molecule has 0 unspecified atom stereocenters. The maximum absolute atomic E-state index is 11.6. The van der Waals surface area contributed by atoms with Crippen LogP contribution in [0.5, 0.6) is 0 Å². The van der Waals surface area contributed by atoms with Gasteiger partial charge in [-0.15, -0.1) is 0 Å². The molecule has 19 heavy (non-hydrogen) atoms. The van der Waals surface area contributed by atoms with Gasteiger partial charge >= 0.3 is 5.97 Å². The van der Waals surface area contributed by atoms with Crippen molar-refractivity contribution < 1.29 is 19.4 Å². The van der Waals surface area contributed by atoms with Crippen LogP contribution >= 0.6 is 11.3 Å². The number of aliphatic carboxylic acids is 1. The summed E-state index contributed by atoms with van der Waals surface area (Å²) in [6.45, 7) is 5.53. The van der Waals surface area contributed by atoms with Crippen molar-refractivity contribution in [1.29, 1.82) is 0 Å². The lowest BCUT2D eigenvalue weighted by atomic mass is 10.2. The molecule has 0 saturated carbocycles. The second kappa shape index (κ2) is 6.44. The molecule has 0 saturated heterocycles. The number of thiazole rings is 1. The van der Waals surface area contributed by atoms with E-state index in [-0.39, 0.29) is 18.1 Å². The second-order valence-corrected chi connectivity index (χ2v) is 5.75. The van der Waals surface area contributed by atoms with Crippen LogP contribution in [-0.2, 0) is 14.3 Å². The van der Waals surface area contributed by atoms with Crippen molar-refractivity contribution in [3.63, 3.8) is 0 Å². The van der Waals surface area contributed by atoms with Gasteiger partial charge in [-0.2, -0.15) is 0 Å². The Kier molecular flexibility index (Phi) is 5.20. The first-order chi connectivity index (χ1) is 8.76. The first-order valence-corrected chi connectivity index (χ1v) is 6.38. The summed E-state index contributed by atoms with van der Waals surface area (Å²) in [5, 5.41) is 11.5. The standard InChI is InChI=1S/C12H16N2O4S/c1-12(2,3)18-7-9(15)14-11-13-6-8(19-11)4-5-10(16)17/h4-6H,7H2,1-3H3,(H,16,17)(H,13,14,15)/b5-4+. The minimum atomic E-state index is -1.03. The van der Waals surface area contributed by atoms with Gasteiger partial charge in [0.25, 0.3) is 5.91 Å². The molecule has 7 heteroatoms. The fraction of sp³-hybridized carbons (Fsp3) is 0.417. The maximum Gasteiger partial charge on any atom is 0.328 e. The summed E-state index contributed by atoms with van der Waals surface area (Å²) >= 11 is 1.19.